The van der Waals surface area contributed by atoms with Crippen LogP contribution >= 0.6 is 0 Å². The number of aliphatic hydroxyl groups excluding tert-OH is 1. The number of piperidine rings is 1. The van der Waals surface area contributed by atoms with Crippen molar-refractivity contribution in [1.82, 2.24) is 5.32 Å². The summed E-state index contributed by atoms with van der Waals surface area (Å²) >= 11 is 0. The first-order valence-corrected chi connectivity index (χ1v) is 9.09. The van der Waals surface area contributed by atoms with Crippen LogP contribution in [0.4, 0.5) is 0 Å². The molecule has 0 bridgehead atoms. The van der Waals surface area contributed by atoms with Crippen LogP contribution in [0.5, 0.6) is 0 Å². The normalized spacial score (nSPS) is 55.3. The van der Waals surface area contributed by atoms with E-state index in [0.29, 0.717) is 18.3 Å². The van der Waals surface area contributed by atoms with Crippen molar-refractivity contribution in [1.29, 1.82) is 0 Å². The van der Waals surface area contributed by atoms with Crippen molar-refractivity contribution in [2.75, 3.05) is 0 Å². The van der Waals surface area contributed by atoms with Crippen molar-refractivity contribution >= 4 is 5.91 Å². The van der Waals surface area contributed by atoms with Crippen LogP contribution in [0.2, 0.25) is 0 Å². The Morgan fingerprint density at radius 3 is 2.70 bits per heavy atom. The van der Waals surface area contributed by atoms with Crippen LogP contribution in [0, 0.1) is 28.6 Å². The number of carbonyl (C=O) groups excluding carboxylic acids is 1. The third-order valence-corrected chi connectivity index (χ3v) is 7.71. The summed E-state index contributed by atoms with van der Waals surface area (Å²) in [6.45, 7) is 6.46. The second kappa shape index (κ2) is 4.60. The van der Waals surface area contributed by atoms with E-state index in [-0.39, 0.29) is 28.8 Å². The molecule has 2 saturated carbocycles. The maximum Gasteiger partial charge on any atom is 0.224 e. The average molecular weight is 319 g/mol. The zero-order valence-electron chi connectivity index (χ0n) is 14.4. The van der Waals surface area contributed by atoms with E-state index in [1.807, 2.05) is 13.0 Å². The predicted octanol–water partition coefficient (Wildman–Crippen LogP) is 2.35. The number of hydrogen-bond donors (Lipinski definition) is 3. The van der Waals surface area contributed by atoms with E-state index in [0.717, 1.165) is 37.8 Å². The molecule has 7 atom stereocenters. The van der Waals surface area contributed by atoms with Crippen LogP contribution in [0.15, 0.2) is 11.8 Å². The lowest BCUT2D eigenvalue weighted by Gasteiger charge is -2.60. The van der Waals surface area contributed by atoms with Crippen LogP contribution in [-0.4, -0.2) is 27.8 Å². The van der Waals surface area contributed by atoms with E-state index in [9.17, 15) is 15.0 Å². The molecule has 4 heteroatoms. The molecule has 1 amide bonds. The molecule has 0 radical (unpaired) electrons. The Hall–Kier alpha value is -0.870. The van der Waals surface area contributed by atoms with E-state index in [1.165, 1.54) is 0 Å². The largest absolute Gasteiger partial charge is 0.393 e. The standard InChI is InChI=1S/C19H29NO3/c1-17-6-4-12-16(13(17)8-11(21)9-17)19(3,23)10-14-18(12,2)7-5-15(22)20-14/h10-13,16,21,23H,4-9H2,1-3H3,(H,20,22)/t11-,12?,13?,16?,17-,18-,19?/m1/s1. The second-order valence-electron chi connectivity index (χ2n) is 9.27. The summed E-state index contributed by atoms with van der Waals surface area (Å²) in [6, 6.07) is 0. The molecule has 3 fully saturated rings. The van der Waals surface area contributed by atoms with Gasteiger partial charge in [-0.05, 0) is 68.3 Å². The highest BCUT2D eigenvalue weighted by Gasteiger charge is 2.62. The Balaban J connectivity index is 1.80. The quantitative estimate of drug-likeness (QED) is 0.642. The minimum Gasteiger partial charge on any atom is -0.393 e. The highest BCUT2D eigenvalue weighted by molar-refractivity contribution is 5.79. The number of nitrogens with one attached hydrogen (secondary N) is 1. The Morgan fingerprint density at radius 1 is 1.22 bits per heavy atom. The minimum absolute atomic E-state index is 0.0459. The molecule has 23 heavy (non-hydrogen) atoms. The van der Waals surface area contributed by atoms with Crippen molar-refractivity contribution in [2.45, 2.75) is 71.0 Å². The van der Waals surface area contributed by atoms with Gasteiger partial charge in [-0.3, -0.25) is 4.79 Å². The fourth-order valence-corrected chi connectivity index (χ4v) is 6.53. The van der Waals surface area contributed by atoms with Gasteiger partial charge in [0.25, 0.3) is 0 Å². The van der Waals surface area contributed by atoms with Crippen LogP contribution in [0.25, 0.3) is 0 Å². The van der Waals surface area contributed by atoms with E-state index >= 15 is 0 Å². The van der Waals surface area contributed by atoms with Crippen molar-refractivity contribution in [3.63, 3.8) is 0 Å². The molecule has 1 aliphatic heterocycles. The number of carbonyl (C=O) groups is 1. The maximum atomic E-state index is 11.8. The first-order valence-electron chi connectivity index (χ1n) is 9.09. The highest BCUT2D eigenvalue weighted by atomic mass is 16.3. The first kappa shape index (κ1) is 15.6. The molecule has 0 aromatic carbocycles. The van der Waals surface area contributed by atoms with Gasteiger partial charge in [-0.1, -0.05) is 13.8 Å². The summed E-state index contributed by atoms with van der Waals surface area (Å²) in [5.41, 5.74) is 0.114. The van der Waals surface area contributed by atoms with Crippen molar-refractivity contribution in [3.05, 3.63) is 11.8 Å². The van der Waals surface area contributed by atoms with Gasteiger partial charge < -0.3 is 15.5 Å². The topological polar surface area (TPSA) is 69.6 Å². The summed E-state index contributed by atoms with van der Waals surface area (Å²) in [7, 11) is 0. The van der Waals surface area contributed by atoms with Gasteiger partial charge in [-0.2, -0.15) is 0 Å². The molecule has 0 spiro atoms. The van der Waals surface area contributed by atoms with Gasteiger partial charge in [0.05, 0.1) is 11.7 Å². The molecule has 1 saturated heterocycles. The van der Waals surface area contributed by atoms with Gasteiger partial charge >= 0.3 is 0 Å². The minimum atomic E-state index is -0.916. The van der Waals surface area contributed by atoms with Crippen LogP contribution in [0.1, 0.15) is 59.3 Å². The first-order chi connectivity index (χ1) is 10.7. The summed E-state index contributed by atoms with van der Waals surface area (Å²) in [5.74, 6) is 0.974. The van der Waals surface area contributed by atoms with Crippen LogP contribution in [0.3, 0.4) is 0 Å². The number of rotatable bonds is 0. The smallest absolute Gasteiger partial charge is 0.224 e. The maximum absolute atomic E-state index is 11.8. The van der Waals surface area contributed by atoms with Crippen LogP contribution in [-0.2, 0) is 4.79 Å². The zero-order chi connectivity index (χ0) is 16.6. The van der Waals surface area contributed by atoms with Gasteiger partial charge in [0.15, 0.2) is 0 Å². The lowest BCUT2D eigenvalue weighted by Crippen LogP contribution is -2.60. The Kier molecular flexibility index (Phi) is 3.13. The zero-order valence-corrected chi connectivity index (χ0v) is 14.4. The fourth-order valence-electron chi connectivity index (χ4n) is 6.53. The number of amides is 1. The lowest BCUT2D eigenvalue weighted by molar-refractivity contribution is -0.134. The number of fused-ring (bicyclic) bond motifs is 5. The highest BCUT2D eigenvalue weighted by Crippen LogP contribution is 2.65. The lowest BCUT2D eigenvalue weighted by atomic mass is 9.47. The predicted molar refractivity (Wildman–Crippen MR) is 87.2 cm³/mol. The molecule has 128 valence electrons. The average Bonchev–Trinajstić information content (AvgIpc) is 2.74. The summed E-state index contributed by atoms with van der Waals surface area (Å²) in [5, 5.41) is 24.5. The van der Waals surface area contributed by atoms with E-state index < -0.39 is 5.60 Å². The fraction of sp³-hybridized carbons (Fsp3) is 0.842. The molecule has 3 aliphatic carbocycles. The summed E-state index contributed by atoms with van der Waals surface area (Å²) < 4.78 is 0. The molecule has 0 aromatic rings. The van der Waals surface area contributed by atoms with E-state index in [4.69, 9.17) is 0 Å². The molecular formula is C19H29NO3. The number of allylic oxidation sites excluding steroid dienone is 1. The van der Waals surface area contributed by atoms with Gasteiger partial charge in [-0.15, -0.1) is 0 Å². The van der Waals surface area contributed by atoms with Gasteiger partial charge in [-0.25, -0.2) is 0 Å². The van der Waals surface area contributed by atoms with Gasteiger partial charge in [0, 0.05) is 17.5 Å². The number of aliphatic hydroxyl groups is 2. The molecule has 4 unspecified atom stereocenters. The third-order valence-electron chi connectivity index (χ3n) is 7.71. The van der Waals surface area contributed by atoms with Crippen molar-refractivity contribution < 1.29 is 15.0 Å². The number of hydrogen-bond acceptors (Lipinski definition) is 3. The van der Waals surface area contributed by atoms with Crippen molar-refractivity contribution in [3.8, 4) is 0 Å². The Morgan fingerprint density at radius 2 is 1.96 bits per heavy atom. The van der Waals surface area contributed by atoms with Gasteiger partial charge in [0.1, 0.15) is 0 Å². The molecule has 3 N–H and O–H groups in total. The van der Waals surface area contributed by atoms with E-state index in [2.05, 4.69) is 19.2 Å². The molecule has 0 aromatic heterocycles. The molecule has 4 nitrogen and oxygen atoms in total. The molecular weight excluding hydrogens is 290 g/mol. The monoisotopic (exact) mass is 319 g/mol. The second-order valence-corrected chi connectivity index (χ2v) is 9.27. The van der Waals surface area contributed by atoms with Gasteiger partial charge in [0.2, 0.25) is 5.91 Å². The van der Waals surface area contributed by atoms with Crippen molar-refractivity contribution in [2.24, 2.45) is 28.6 Å². The Bertz CT molecular complexity index is 583. The molecule has 1 heterocycles. The Labute approximate surface area is 138 Å². The van der Waals surface area contributed by atoms with Crippen LogP contribution < -0.4 is 5.32 Å². The van der Waals surface area contributed by atoms with E-state index in [1.54, 1.807) is 0 Å². The summed E-state index contributed by atoms with van der Waals surface area (Å²) in [6.07, 6.45) is 6.98. The molecule has 4 rings (SSSR count). The molecule has 4 aliphatic rings. The summed E-state index contributed by atoms with van der Waals surface area (Å²) in [4.78, 5) is 11.8. The third kappa shape index (κ3) is 2.07. The SMILES string of the molecule is CC1(O)C=C2NC(=O)CC[C@]2(C)C2CC[C@]3(C)C[C@H](O)CC3C21.